The Morgan fingerprint density at radius 2 is 1.95 bits per heavy atom. The Balaban J connectivity index is 1.88. The molecule has 2 heterocycles. The number of hydrogen-bond donors (Lipinski definition) is 1. The second-order valence-electron chi connectivity index (χ2n) is 5.63. The third-order valence-corrected chi connectivity index (χ3v) is 3.70. The largest absolute Gasteiger partial charge is 0.475 e. The molecule has 1 aliphatic rings. The van der Waals surface area contributed by atoms with Crippen molar-refractivity contribution in [1.29, 1.82) is 0 Å². The van der Waals surface area contributed by atoms with Crippen molar-refractivity contribution in [3.8, 4) is 5.88 Å². The highest BCUT2D eigenvalue weighted by Gasteiger charge is 2.17. The van der Waals surface area contributed by atoms with Gasteiger partial charge in [0.25, 0.3) is 0 Å². The van der Waals surface area contributed by atoms with Gasteiger partial charge in [0.1, 0.15) is 12.3 Å². The lowest BCUT2D eigenvalue weighted by Crippen LogP contribution is -2.33. The van der Waals surface area contributed by atoms with E-state index in [2.05, 4.69) is 23.8 Å². The fourth-order valence-electron chi connectivity index (χ4n) is 2.60. The van der Waals surface area contributed by atoms with Crippen LogP contribution in [0, 0.1) is 0 Å². The van der Waals surface area contributed by atoms with E-state index < -0.39 is 0 Å². The van der Waals surface area contributed by atoms with E-state index in [1.54, 1.807) is 4.68 Å². The topological polar surface area (TPSA) is 56.3 Å². The van der Waals surface area contributed by atoms with Gasteiger partial charge in [0.2, 0.25) is 5.88 Å². The number of hydrogen-bond acceptors (Lipinski definition) is 4. The van der Waals surface area contributed by atoms with Crippen molar-refractivity contribution in [3.05, 3.63) is 5.69 Å². The molecule has 2 N–H and O–H groups in total. The normalized spacial score (nSPS) is 17.1. The molecule has 0 aliphatic carbocycles. The van der Waals surface area contributed by atoms with Gasteiger partial charge in [-0.3, -0.25) is 4.90 Å². The highest BCUT2D eigenvalue weighted by Crippen LogP contribution is 2.29. The molecule has 0 amide bonds. The van der Waals surface area contributed by atoms with Gasteiger partial charge in [-0.1, -0.05) is 20.3 Å². The fraction of sp³-hybridized carbons (Fsp3) is 0.786. The summed E-state index contributed by atoms with van der Waals surface area (Å²) in [5.41, 5.74) is 7.72. The van der Waals surface area contributed by atoms with E-state index in [-0.39, 0.29) is 0 Å². The minimum Gasteiger partial charge on any atom is -0.475 e. The molecule has 0 aromatic carbocycles. The van der Waals surface area contributed by atoms with Crippen molar-refractivity contribution in [2.45, 2.75) is 39.0 Å². The average Bonchev–Trinajstić information content (AvgIpc) is 2.68. The first-order valence-corrected chi connectivity index (χ1v) is 7.27. The van der Waals surface area contributed by atoms with Crippen LogP contribution in [-0.2, 0) is 7.05 Å². The van der Waals surface area contributed by atoms with Gasteiger partial charge in [0.15, 0.2) is 0 Å². The van der Waals surface area contributed by atoms with Crippen LogP contribution in [0.5, 0.6) is 5.88 Å². The van der Waals surface area contributed by atoms with E-state index in [0.29, 0.717) is 24.1 Å². The molecule has 0 unspecified atom stereocenters. The van der Waals surface area contributed by atoms with Crippen molar-refractivity contribution in [2.24, 2.45) is 7.05 Å². The zero-order valence-corrected chi connectivity index (χ0v) is 12.4. The molecule has 5 heteroatoms. The average molecular weight is 266 g/mol. The Labute approximate surface area is 115 Å². The summed E-state index contributed by atoms with van der Waals surface area (Å²) < 4.78 is 7.59. The molecule has 0 radical (unpaired) electrons. The summed E-state index contributed by atoms with van der Waals surface area (Å²) in [7, 11) is 1.89. The second kappa shape index (κ2) is 6.28. The van der Waals surface area contributed by atoms with Gasteiger partial charge in [-0.2, -0.15) is 5.10 Å². The summed E-state index contributed by atoms with van der Waals surface area (Å²) >= 11 is 0. The van der Waals surface area contributed by atoms with Crippen LogP contribution in [0.15, 0.2) is 0 Å². The van der Waals surface area contributed by atoms with E-state index in [0.717, 1.165) is 12.2 Å². The summed E-state index contributed by atoms with van der Waals surface area (Å²) in [6.45, 7) is 8.23. The predicted octanol–water partition coefficient (Wildman–Crippen LogP) is 1.99. The van der Waals surface area contributed by atoms with E-state index in [1.165, 1.54) is 32.4 Å². The molecule has 1 saturated heterocycles. The fourth-order valence-corrected chi connectivity index (χ4v) is 2.60. The number of ether oxygens (including phenoxy) is 1. The van der Waals surface area contributed by atoms with Crippen LogP contribution in [-0.4, -0.2) is 40.9 Å². The van der Waals surface area contributed by atoms with E-state index in [4.69, 9.17) is 10.5 Å². The minimum atomic E-state index is 0.325. The lowest BCUT2D eigenvalue weighted by atomic mass is 10.1. The Kier molecular flexibility index (Phi) is 4.69. The second-order valence-corrected chi connectivity index (χ2v) is 5.63. The number of likely N-dealkylation sites (tertiary alicyclic amines) is 1. The van der Waals surface area contributed by atoms with Crippen molar-refractivity contribution >= 4 is 5.69 Å². The number of nitrogen functional groups attached to an aromatic ring is 1. The molecule has 1 fully saturated rings. The molecule has 2 rings (SSSR count). The van der Waals surface area contributed by atoms with Gasteiger partial charge >= 0.3 is 0 Å². The smallest absolute Gasteiger partial charge is 0.235 e. The number of aryl methyl sites for hydroxylation is 1. The quantitative estimate of drug-likeness (QED) is 0.885. The molecule has 108 valence electrons. The first kappa shape index (κ1) is 14.2. The summed E-state index contributed by atoms with van der Waals surface area (Å²) in [5, 5.41) is 4.43. The number of nitrogens with zero attached hydrogens (tertiary/aromatic N) is 3. The first-order chi connectivity index (χ1) is 9.09. The Bertz CT molecular complexity index is 408. The van der Waals surface area contributed by atoms with Crippen molar-refractivity contribution in [2.75, 3.05) is 32.0 Å². The molecule has 0 atom stereocenters. The van der Waals surface area contributed by atoms with E-state index >= 15 is 0 Å². The van der Waals surface area contributed by atoms with Gasteiger partial charge in [-0.05, 0) is 31.8 Å². The Morgan fingerprint density at radius 1 is 1.26 bits per heavy atom. The molecular weight excluding hydrogens is 240 g/mol. The SMILES string of the molecule is CC(C)c1nn(C)c(OCCN2CCCCC2)c1N. The molecule has 0 spiro atoms. The molecular formula is C14H26N4O. The van der Waals surface area contributed by atoms with Crippen molar-refractivity contribution in [1.82, 2.24) is 14.7 Å². The monoisotopic (exact) mass is 266 g/mol. The summed E-state index contributed by atoms with van der Waals surface area (Å²) in [4.78, 5) is 2.46. The molecule has 0 saturated carbocycles. The summed E-state index contributed by atoms with van der Waals surface area (Å²) in [6, 6.07) is 0. The van der Waals surface area contributed by atoms with Gasteiger partial charge in [-0.25, -0.2) is 4.68 Å². The van der Waals surface area contributed by atoms with Crippen molar-refractivity contribution in [3.63, 3.8) is 0 Å². The Morgan fingerprint density at radius 3 is 2.53 bits per heavy atom. The minimum absolute atomic E-state index is 0.325. The van der Waals surface area contributed by atoms with Crippen molar-refractivity contribution < 1.29 is 4.74 Å². The number of rotatable bonds is 5. The van der Waals surface area contributed by atoms with Crippen LogP contribution in [0.25, 0.3) is 0 Å². The molecule has 5 nitrogen and oxygen atoms in total. The zero-order chi connectivity index (χ0) is 13.8. The number of nitrogens with two attached hydrogens (primary N) is 1. The number of piperidine rings is 1. The lowest BCUT2D eigenvalue weighted by molar-refractivity contribution is 0.178. The third kappa shape index (κ3) is 3.41. The summed E-state index contributed by atoms with van der Waals surface area (Å²) in [5.74, 6) is 1.03. The highest BCUT2D eigenvalue weighted by molar-refractivity contribution is 5.54. The lowest BCUT2D eigenvalue weighted by Gasteiger charge is -2.26. The number of aromatic nitrogens is 2. The molecule has 1 aliphatic heterocycles. The van der Waals surface area contributed by atoms with Crippen LogP contribution in [0.1, 0.15) is 44.7 Å². The van der Waals surface area contributed by atoms with E-state index in [1.807, 2.05) is 7.05 Å². The zero-order valence-electron chi connectivity index (χ0n) is 12.4. The van der Waals surface area contributed by atoms with Gasteiger partial charge < -0.3 is 10.5 Å². The molecule has 1 aromatic rings. The summed E-state index contributed by atoms with van der Waals surface area (Å²) in [6.07, 6.45) is 3.99. The van der Waals surface area contributed by atoms with Gasteiger partial charge in [-0.15, -0.1) is 0 Å². The van der Waals surface area contributed by atoms with Crippen LogP contribution in [0.2, 0.25) is 0 Å². The third-order valence-electron chi connectivity index (χ3n) is 3.70. The van der Waals surface area contributed by atoms with Crippen LogP contribution in [0.3, 0.4) is 0 Å². The maximum absolute atomic E-state index is 6.10. The van der Waals surface area contributed by atoms with Gasteiger partial charge in [0, 0.05) is 13.6 Å². The maximum atomic E-state index is 6.10. The highest BCUT2D eigenvalue weighted by atomic mass is 16.5. The standard InChI is InChI=1S/C14H26N4O/c1-11(2)13-12(15)14(17(3)16-13)19-10-9-18-7-5-4-6-8-18/h11H,4-10,15H2,1-3H3. The van der Waals surface area contributed by atoms with Gasteiger partial charge in [0.05, 0.1) is 5.69 Å². The maximum Gasteiger partial charge on any atom is 0.235 e. The first-order valence-electron chi connectivity index (χ1n) is 7.27. The Hall–Kier alpha value is -1.23. The predicted molar refractivity (Wildman–Crippen MR) is 77.5 cm³/mol. The molecule has 1 aromatic heterocycles. The number of anilines is 1. The molecule has 19 heavy (non-hydrogen) atoms. The van der Waals surface area contributed by atoms with Crippen LogP contribution >= 0.6 is 0 Å². The van der Waals surface area contributed by atoms with Crippen LogP contribution < -0.4 is 10.5 Å². The molecule has 0 bridgehead atoms. The van der Waals surface area contributed by atoms with E-state index in [9.17, 15) is 0 Å². The van der Waals surface area contributed by atoms with Crippen LogP contribution in [0.4, 0.5) is 5.69 Å².